The van der Waals surface area contributed by atoms with Crippen molar-refractivity contribution in [3.05, 3.63) is 35.4 Å². The summed E-state index contributed by atoms with van der Waals surface area (Å²) in [6.07, 6.45) is 2.28. The van der Waals surface area contributed by atoms with Crippen molar-refractivity contribution in [3.63, 3.8) is 0 Å². The van der Waals surface area contributed by atoms with E-state index in [0.29, 0.717) is 18.7 Å². The second-order valence-corrected chi connectivity index (χ2v) is 7.33. The lowest BCUT2D eigenvalue weighted by atomic mass is 10.1. The first-order valence-electron chi connectivity index (χ1n) is 10.2. The number of nitriles is 1. The molecule has 0 saturated carbocycles. The Kier molecular flexibility index (Phi) is 9.67. The van der Waals surface area contributed by atoms with Gasteiger partial charge in [-0.1, -0.05) is 12.1 Å². The number of hydrogen-bond donors (Lipinski definition) is 1. The molecule has 2 heterocycles. The standard InChI is InChI=1S/C21H30N6O.HI/c1-2-23-21(24-16-19-7-5-6-18(14-19)15-22)27-12-10-25(11-13-27)17-20(28)26-8-3-4-9-26;/h5-7,14H,2-4,8-13,16-17H2,1H3,(H,23,24);1H. The summed E-state index contributed by atoms with van der Waals surface area (Å²) in [4.78, 5) is 23.6. The molecule has 0 spiro atoms. The van der Waals surface area contributed by atoms with Crippen LogP contribution in [0.15, 0.2) is 29.3 Å². The molecule has 8 heteroatoms. The number of halogens is 1. The summed E-state index contributed by atoms with van der Waals surface area (Å²) in [6.45, 7) is 9.25. The van der Waals surface area contributed by atoms with Crippen LogP contribution in [0.3, 0.4) is 0 Å². The van der Waals surface area contributed by atoms with Crippen LogP contribution in [-0.2, 0) is 11.3 Å². The molecule has 7 nitrogen and oxygen atoms in total. The van der Waals surface area contributed by atoms with E-state index in [0.717, 1.165) is 70.2 Å². The number of nitrogens with zero attached hydrogens (tertiary/aromatic N) is 5. The Bertz CT molecular complexity index is 733. The molecule has 0 unspecified atom stereocenters. The number of carbonyl (C=O) groups is 1. The number of piperazine rings is 1. The molecular formula is C21H31IN6O. The zero-order chi connectivity index (χ0) is 19.8. The lowest BCUT2D eigenvalue weighted by Crippen LogP contribution is -2.54. The highest BCUT2D eigenvalue weighted by Gasteiger charge is 2.24. The molecule has 0 aromatic heterocycles. The third-order valence-corrected chi connectivity index (χ3v) is 5.29. The number of hydrogen-bond acceptors (Lipinski definition) is 4. The molecule has 3 rings (SSSR count). The third kappa shape index (κ3) is 6.85. The number of likely N-dealkylation sites (tertiary alicyclic amines) is 1. The van der Waals surface area contributed by atoms with Crippen LogP contribution in [0.4, 0.5) is 0 Å². The number of guanidine groups is 1. The predicted molar refractivity (Wildman–Crippen MR) is 125 cm³/mol. The highest BCUT2D eigenvalue weighted by molar-refractivity contribution is 14.0. The molecule has 1 aromatic rings. The van der Waals surface area contributed by atoms with E-state index in [-0.39, 0.29) is 29.9 Å². The quantitative estimate of drug-likeness (QED) is 0.372. The summed E-state index contributed by atoms with van der Waals surface area (Å²) >= 11 is 0. The minimum Gasteiger partial charge on any atom is -0.357 e. The molecule has 1 N–H and O–H groups in total. The van der Waals surface area contributed by atoms with Gasteiger partial charge in [-0.3, -0.25) is 9.69 Å². The summed E-state index contributed by atoms with van der Waals surface area (Å²) in [6, 6.07) is 9.75. The minimum absolute atomic E-state index is 0. The highest BCUT2D eigenvalue weighted by atomic mass is 127. The molecule has 1 amide bonds. The van der Waals surface area contributed by atoms with Crippen molar-refractivity contribution >= 4 is 35.8 Å². The maximum atomic E-state index is 12.4. The summed E-state index contributed by atoms with van der Waals surface area (Å²) in [7, 11) is 0. The van der Waals surface area contributed by atoms with Gasteiger partial charge in [0.15, 0.2) is 5.96 Å². The number of benzene rings is 1. The summed E-state index contributed by atoms with van der Waals surface area (Å²) in [5, 5.41) is 12.4. The van der Waals surface area contributed by atoms with Gasteiger partial charge in [-0.05, 0) is 37.5 Å². The minimum atomic E-state index is 0. The van der Waals surface area contributed by atoms with Gasteiger partial charge < -0.3 is 15.1 Å². The average Bonchev–Trinajstić information content (AvgIpc) is 3.27. The van der Waals surface area contributed by atoms with Gasteiger partial charge >= 0.3 is 0 Å². The topological polar surface area (TPSA) is 75.0 Å². The van der Waals surface area contributed by atoms with Crippen LogP contribution >= 0.6 is 24.0 Å². The Hall–Kier alpha value is -1.86. The molecule has 2 aliphatic rings. The zero-order valence-corrected chi connectivity index (χ0v) is 19.5. The number of aliphatic imine (C=N–C) groups is 1. The molecule has 29 heavy (non-hydrogen) atoms. The van der Waals surface area contributed by atoms with E-state index in [9.17, 15) is 4.79 Å². The highest BCUT2D eigenvalue weighted by Crippen LogP contribution is 2.10. The first-order valence-corrected chi connectivity index (χ1v) is 10.2. The van der Waals surface area contributed by atoms with E-state index in [1.165, 1.54) is 0 Å². The molecule has 0 aliphatic carbocycles. The Morgan fingerprint density at radius 3 is 2.52 bits per heavy atom. The van der Waals surface area contributed by atoms with Gasteiger partial charge in [0.05, 0.1) is 24.7 Å². The average molecular weight is 510 g/mol. The van der Waals surface area contributed by atoms with Crippen molar-refractivity contribution in [3.8, 4) is 6.07 Å². The Morgan fingerprint density at radius 2 is 1.86 bits per heavy atom. The lowest BCUT2D eigenvalue weighted by Gasteiger charge is -2.36. The summed E-state index contributed by atoms with van der Waals surface area (Å²) < 4.78 is 0. The van der Waals surface area contributed by atoms with Crippen molar-refractivity contribution in [1.29, 1.82) is 5.26 Å². The van der Waals surface area contributed by atoms with Crippen LogP contribution in [0.5, 0.6) is 0 Å². The Balaban J connectivity index is 0.00000300. The second-order valence-electron chi connectivity index (χ2n) is 7.33. The third-order valence-electron chi connectivity index (χ3n) is 5.29. The fourth-order valence-corrected chi connectivity index (χ4v) is 3.71. The van der Waals surface area contributed by atoms with Gasteiger partial charge in [0.25, 0.3) is 0 Å². The maximum absolute atomic E-state index is 12.4. The van der Waals surface area contributed by atoms with E-state index >= 15 is 0 Å². The second kappa shape index (κ2) is 12.0. The van der Waals surface area contributed by atoms with Crippen molar-refractivity contribution in [2.24, 2.45) is 4.99 Å². The number of nitrogens with one attached hydrogen (secondary N) is 1. The van der Waals surface area contributed by atoms with E-state index < -0.39 is 0 Å². The smallest absolute Gasteiger partial charge is 0.236 e. The molecule has 0 radical (unpaired) electrons. The van der Waals surface area contributed by atoms with Crippen LogP contribution in [0, 0.1) is 11.3 Å². The van der Waals surface area contributed by atoms with Crippen molar-refractivity contribution in [1.82, 2.24) is 20.0 Å². The number of carbonyl (C=O) groups excluding carboxylic acids is 1. The van der Waals surface area contributed by atoms with Crippen molar-refractivity contribution in [2.45, 2.75) is 26.3 Å². The van der Waals surface area contributed by atoms with Crippen molar-refractivity contribution < 1.29 is 4.79 Å². The molecule has 0 bridgehead atoms. The molecule has 158 valence electrons. The van der Waals surface area contributed by atoms with Crippen LogP contribution in [0.1, 0.15) is 30.9 Å². The monoisotopic (exact) mass is 510 g/mol. The number of rotatable bonds is 5. The Labute approximate surface area is 190 Å². The van der Waals surface area contributed by atoms with Gasteiger partial charge in [-0.15, -0.1) is 24.0 Å². The number of amides is 1. The molecule has 2 fully saturated rings. The van der Waals surface area contributed by atoms with Gasteiger partial charge in [-0.2, -0.15) is 5.26 Å². The molecule has 2 saturated heterocycles. The van der Waals surface area contributed by atoms with Crippen LogP contribution in [0.25, 0.3) is 0 Å². The molecule has 0 atom stereocenters. The largest absolute Gasteiger partial charge is 0.357 e. The zero-order valence-electron chi connectivity index (χ0n) is 17.1. The first kappa shape index (κ1) is 23.4. The van der Waals surface area contributed by atoms with E-state index in [1.54, 1.807) is 6.07 Å². The summed E-state index contributed by atoms with van der Waals surface area (Å²) in [5.41, 5.74) is 1.69. The van der Waals surface area contributed by atoms with Crippen LogP contribution in [-0.4, -0.2) is 78.9 Å². The molecule has 1 aromatic carbocycles. The summed E-state index contributed by atoms with van der Waals surface area (Å²) in [5.74, 6) is 1.17. The maximum Gasteiger partial charge on any atom is 0.236 e. The predicted octanol–water partition coefficient (Wildman–Crippen LogP) is 1.88. The van der Waals surface area contributed by atoms with Crippen LogP contribution < -0.4 is 5.32 Å². The van der Waals surface area contributed by atoms with E-state index in [2.05, 4.69) is 28.1 Å². The first-order chi connectivity index (χ1) is 13.7. The molecular weight excluding hydrogens is 479 g/mol. The fourth-order valence-electron chi connectivity index (χ4n) is 3.71. The van der Waals surface area contributed by atoms with E-state index in [4.69, 9.17) is 10.3 Å². The van der Waals surface area contributed by atoms with Gasteiger partial charge in [0.1, 0.15) is 0 Å². The SMILES string of the molecule is CCNC(=NCc1cccc(C#N)c1)N1CCN(CC(=O)N2CCCC2)CC1.I. The van der Waals surface area contributed by atoms with Crippen molar-refractivity contribution in [2.75, 3.05) is 52.4 Å². The molecule has 2 aliphatic heterocycles. The van der Waals surface area contributed by atoms with Gasteiger partial charge in [0, 0.05) is 45.8 Å². The van der Waals surface area contributed by atoms with Gasteiger partial charge in [0.2, 0.25) is 5.91 Å². The normalized spacial score (nSPS) is 17.6. The Morgan fingerprint density at radius 1 is 1.14 bits per heavy atom. The lowest BCUT2D eigenvalue weighted by molar-refractivity contribution is -0.131. The van der Waals surface area contributed by atoms with E-state index in [1.807, 2.05) is 23.1 Å². The fraction of sp³-hybridized carbons (Fsp3) is 0.571. The van der Waals surface area contributed by atoms with Crippen LogP contribution in [0.2, 0.25) is 0 Å². The van der Waals surface area contributed by atoms with Gasteiger partial charge in [-0.25, -0.2) is 4.99 Å².